The van der Waals surface area contributed by atoms with Crippen molar-refractivity contribution < 1.29 is 47.5 Å². The minimum Gasteiger partial charge on any atom is -0.480 e. The summed E-state index contributed by atoms with van der Waals surface area (Å²) in [6.07, 6.45) is 43.5. The molecule has 0 rings (SSSR count). The molecule has 0 fully saturated rings. The van der Waals surface area contributed by atoms with Gasteiger partial charge in [0.2, 0.25) is 0 Å². The van der Waals surface area contributed by atoms with Crippen LogP contribution in [0.5, 0.6) is 0 Å². The predicted octanol–water partition coefficient (Wildman–Crippen LogP) is 12.0. The Morgan fingerprint density at radius 3 is 1.44 bits per heavy atom. The van der Waals surface area contributed by atoms with Crippen molar-refractivity contribution in [2.75, 3.05) is 19.8 Å². The van der Waals surface area contributed by atoms with Crippen LogP contribution in [-0.2, 0) is 37.5 Å². The first-order valence-corrected chi connectivity index (χ1v) is 24.0. The summed E-state index contributed by atoms with van der Waals surface area (Å²) < 4.78 is 32.7. The van der Waals surface area contributed by atoms with Crippen molar-refractivity contribution in [3.63, 3.8) is 0 Å². The highest BCUT2D eigenvalue weighted by Gasteiger charge is 2.28. The molecule has 0 radical (unpaired) electrons. The van der Waals surface area contributed by atoms with Gasteiger partial charge in [0.05, 0.1) is 13.2 Å². The normalized spacial score (nSPS) is 14.0. The van der Waals surface area contributed by atoms with Gasteiger partial charge >= 0.3 is 25.7 Å². The monoisotopic (exact) mass is 828 g/mol. The summed E-state index contributed by atoms with van der Waals surface area (Å²) in [7, 11) is -4.72. The number of phosphoric ester groups is 1. The van der Waals surface area contributed by atoms with Crippen LogP contribution < -0.4 is 5.73 Å². The molecule has 0 aliphatic carbocycles. The molecule has 12 heteroatoms. The lowest BCUT2D eigenvalue weighted by molar-refractivity contribution is -0.161. The van der Waals surface area contributed by atoms with Gasteiger partial charge in [0.25, 0.3) is 0 Å². The minimum absolute atomic E-state index is 0.154. The van der Waals surface area contributed by atoms with Gasteiger partial charge in [0.1, 0.15) is 12.6 Å². The molecule has 0 aliphatic rings. The molecule has 4 N–H and O–H groups in total. The first kappa shape index (κ1) is 54.7. The minimum atomic E-state index is -4.72. The van der Waals surface area contributed by atoms with Gasteiger partial charge in [-0.25, -0.2) is 4.57 Å². The number of hydrogen-bond acceptors (Lipinski definition) is 9. The first-order chi connectivity index (χ1) is 27.6. The largest absolute Gasteiger partial charge is 0.480 e. The van der Waals surface area contributed by atoms with Crippen molar-refractivity contribution in [3.8, 4) is 0 Å². The molecule has 0 aromatic carbocycles. The van der Waals surface area contributed by atoms with E-state index in [4.69, 9.17) is 24.8 Å². The Kier molecular flexibility index (Phi) is 38.8. The Morgan fingerprint density at radius 2 is 0.947 bits per heavy atom. The average molecular weight is 828 g/mol. The molecule has 0 aliphatic heterocycles. The number of phosphoric acid groups is 1. The third kappa shape index (κ3) is 40.3. The second-order valence-corrected chi connectivity index (χ2v) is 16.6. The zero-order valence-electron chi connectivity index (χ0n) is 35.9. The maximum atomic E-state index is 12.6. The molecular formula is C45H82NO10P. The number of carboxylic acid groups (broad SMARTS) is 1. The molecule has 3 atom stereocenters. The van der Waals surface area contributed by atoms with Gasteiger partial charge < -0.3 is 25.2 Å². The second kappa shape index (κ2) is 40.5. The predicted molar refractivity (Wildman–Crippen MR) is 231 cm³/mol. The number of esters is 2. The Hall–Kier alpha value is -2.30. The van der Waals surface area contributed by atoms with Gasteiger partial charge in [-0.15, -0.1) is 0 Å². The van der Waals surface area contributed by atoms with Crippen molar-refractivity contribution in [1.82, 2.24) is 0 Å². The summed E-state index contributed by atoms with van der Waals surface area (Å²) in [5.41, 5.74) is 5.33. The Morgan fingerprint density at radius 1 is 0.544 bits per heavy atom. The lowest BCUT2D eigenvalue weighted by Crippen LogP contribution is -2.34. The van der Waals surface area contributed by atoms with E-state index in [1.165, 1.54) is 83.5 Å². The fraction of sp³-hybridized carbons (Fsp3) is 0.800. The number of carbonyl (C=O) groups is 3. The van der Waals surface area contributed by atoms with Crippen LogP contribution in [0.4, 0.5) is 0 Å². The van der Waals surface area contributed by atoms with E-state index < -0.39 is 51.1 Å². The lowest BCUT2D eigenvalue weighted by atomic mass is 10.1. The summed E-state index contributed by atoms with van der Waals surface area (Å²) in [6, 6.07) is -1.52. The van der Waals surface area contributed by atoms with Crippen LogP contribution in [0.1, 0.15) is 200 Å². The number of rotatable bonds is 42. The Labute approximate surface area is 346 Å². The topological polar surface area (TPSA) is 172 Å². The van der Waals surface area contributed by atoms with E-state index in [0.29, 0.717) is 12.8 Å². The van der Waals surface area contributed by atoms with Crippen LogP contribution >= 0.6 is 7.82 Å². The van der Waals surface area contributed by atoms with Crippen molar-refractivity contribution in [2.45, 2.75) is 212 Å². The zero-order valence-corrected chi connectivity index (χ0v) is 36.8. The number of nitrogens with two attached hydrogens (primary N) is 1. The van der Waals surface area contributed by atoms with Crippen LogP contribution in [0.25, 0.3) is 0 Å². The Bertz CT molecular complexity index is 1110. The first-order valence-electron chi connectivity index (χ1n) is 22.5. The molecule has 0 bridgehead atoms. The van der Waals surface area contributed by atoms with E-state index >= 15 is 0 Å². The van der Waals surface area contributed by atoms with Crippen LogP contribution in [0.3, 0.4) is 0 Å². The van der Waals surface area contributed by atoms with Crippen molar-refractivity contribution in [1.29, 1.82) is 0 Å². The van der Waals surface area contributed by atoms with Crippen molar-refractivity contribution in [2.24, 2.45) is 5.73 Å². The third-order valence-corrected chi connectivity index (χ3v) is 10.6. The average Bonchev–Trinajstić information content (AvgIpc) is 3.19. The molecule has 0 saturated heterocycles. The standard InChI is InChI=1S/C45H82NO10P/c1-3-5-7-9-11-13-15-17-19-20-21-22-23-25-27-29-31-33-35-37-44(48)56-41(39-54-57(51,52)55-40-42(46)45(49)50)38-53-43(47)36-34-32-30-28-26-24-18-16-14-12-10-8-6-4-2/h10,12,16,18,20-21,41-42H,3-9,11,13-15,17,19,22-40,46H2,1-2H3,(H,49,50)(H,51,52)/b12-10-,18-16-,21-20-/t41-,42+/m1/s1. The second-order valence-electron chi connectivity index (χ2n) is 15.2. The van der Waals surface area contributed by atoms with Crippen LogP contribution in [-0.4, -0.2) is 59.9 Å². The summed E-state index contributed by atoms with van der Waals surface area (Å²) in [4.78, 5) is 46.0. The van der Waals surface area contributed by atoms with E-state index in [1.54, 1.807) is 0 Å². The van der Waals surface area contributed by atoms with E-state index in [2.05, 4.69) is 54.8 Å². The SMILES string of the molecule is CCCC/C=C\C/C=C\CCCCCCCC(=O)OC[C@H](COP(=O)(O)OC[C@H](N)C(=O)O)OC(=O)CCCCCCCCC/C=C\CCCCCCCCCC. The van der Waals surface area contributed by atoms with Crippen LogP contribution in [0, 0.1) is 0 Å². The molecule has 0 saturated carbocycles. The zero-order chi connectivity index (χ0) is 42.1. The lowest BCUT2D eigenvalue weighted by Gasteiger charge is -2.20. The summed E-state index contributed by atoms with van der Waals surface area (Å²) >= 11 is 0. The van der Waals surface area contributed by atoms with Crippen molar-refractivity contribution in [3.05, 3.63) is 36.5 Å². The molecule has 0 amide bonds. The number of carboxylic acids is 1. The molecule has 0 aromatic rings. The van der Waals surface area contributed by atoms with Gasteiger partial charge in [-0.1, -0.05) is 159 Å². The Balaban J connectivity index is 4.35. The highest BCUT2D eigenvalue weighted by atomic mass is 31.2. The number of aliphatic carboxylic acids is 1. The number of unbranched alkanes of at least 4 members (excludes halogenated alkanes) is 22. The number of hydrogen-bond donors (Lipinski definition) is 3. The summed E-state index contributed by atoms with van der Waals surface area (Å²) in [6.45, 7) is 2.75. The van der Waals surface area contributed by atoms with Gasteiger partial charge in [0, 0.05) is 12.8 Å². The van der Waals surface area contributed by atoms with E-state index in [1.807, 2.05) is 0 Å². The van der Waals surface area contributed by atoms with Gasteiger partial charge in [-0.3, -0.25) is 23.4 Å². The number of carbonyl (C=O) groups excluding carboxylic acids is 2. The van der Waals surface area contributed by atoms with E-state index in [-0.39, 0.29) is 19.4 Å². The summed E-state index contributed by atoms with van der Waals surface area (Å²) in [5, 5.41) is 8.89. The molecule has 332 valence electrons. The highest BCUT2D eigenvalue weighted by Crippen LogP contribution is 2.43. The quantitative estimate of drug-likeness (QED) is 0.0231. The molecular weight excluding hydrogens is 745 g/mol. The molecule has 0 aromatic heterocycles. The fourth-order valence-electron chi connectivity index (χ4n) is 6.02. The van der Waals surface area contributed by atoms with Crippen LogP contribution in [0.2, 0.25) is 0 Å². The van der Waals surface area contributed by atoms with Gasteiger partial charge in [-0.05, 0) is 64.2 Å². The number of ether oxygens (including phenoxy) is 2. The molecule has 0 spiro atoms. The van der Waals surface area contributed by atoms with E-state index in [9.17, 15) is 23.8 Å². The van der Waals surface area contributed by atoms with Crippen LogP contribution in [0.15, 0.2) is 36.5 Å². The molecule has 0 heterocycles. The summed E-state index contributed by atoms with van der Waals surface area (Å²) in [5.74, 6) is -2.40. The van der Waals surface area contributed by atoms with E-state index in [0.717, 1.165) is 77.0 Å². The maximum Gasteiger partial charge on any atom is 0.472 e. The molecule has 57 heavy (non-hydrogen) atoms. The smallest absolute Gasteiger partial charge is 0.472 e. The van der Waals surface area contributed by atoms with Crippen molar-refractivity contribution >= 4 is 25.7 Å². The third-order valence-electron chi connectivity index (χ3n) is 9.61. The molecule has 11 nitrogen and oxygen atoms in total. The number of allylic oxidation sites excluding steroid dienone is 6. The highest BCUT2D eigenvalue weighted by molar-refractivity contribution is 7.47. The molecule has 1 unspecified atom stereocenters. The van der Waals surface area contributed by atoms with Gasteiger partial charge in [0.15, 0.2) is 6.10 Å². The van der Waals surface area contributed by atoms with Gasteiger partial charge in [-0.2, -0.15) is 0 Å². The maximum absolute atomic E-state index is 12.6. The fourth-order valence-corrected chi connectivity index (χ4v) is 6.80.